The Hall–Kier alpha value is -0.160. The van der Waals surface area contributed by atoms with E-state index in [1.807, 2.05) is 0 Å². The van der Waals surface area contributed by atoms with Gasteiger partial charge in [0.25, 0.3) is 0 Å². The molecule has 0 aromatic heterocycles. The van der Waals surface area contributed by atoms with Gasteiger partial charge in [-0.1, -0.05) is 0 Å². The summed E-state index contributed by atoms with van der Waals surface area (Å²) >= 11 is 0. The van der Waals surface area contributed by atoms with Gasteiger partial charge < -0.3 is 9.47 Å². The number of methoxy groups -OCH3 is 2. The Bertz CT molecular complexity index is 133. The topological polar surface area (TPSA) is 36.9 Å². The molecular formula is C7H14O4. The van der Waals surface area contributed by atoms with Gasteiger partial charge in [-0.25, -0.2) is 0 Å². The van der Waals surface area contributed by atoms with Crippen molar-refractivity contribution in [3.05, 3.63) is 0 Å². The molecule has 0 bridgehead atoms. The molecule has 1 heterocycles. The number of hydrogen-bond acceptors (Lipinski definition) is 4. The van der Waals surface area contributed by atoms with Gasteiger partial charge >= 0.3 is 0 Å². The van der Waals surface area contributed by atoms with Crippen molar-refractivity contribution in [1.29, 1.82) is 0 Å². The highest BCUT2D eigenvalue weighted by atomic mass is 17.3. The van der Waals surface area contributed by atoms with E-state index in [0.29, 0.717) is 6.42 Å². The van der Waals surface area contributed by atoms with Crippen molar-refractivity contribution in [1.82, 2.24) is 0 Å². The monoisotopic (exact) mass is 162 g/mol. The van der Waals surface area contributed by atoms with E-state index in [1.54, 1.807) is 28.1 Å². The molecule has 66 valence electrons. The highest BCUT2D eigenvalue weighted by Crippen LogP contribution is 2.36. The van der Waals surface area contributed by atoms with Crippen LogP contribution in [-0.4, -0.2) is 25.8 Å². The van der Waals surface area contributed by atoms with Gasteiger partial charge in [0.15, 0.2) is 0 Å². The van der Waals surface area contributed by atoms with Crippen LogP contribution in [0, 0.1) is 0 Å². The molecule has 2 unspecified atom stereocenters. The molecule has 1 fully saturated rings. The summed E-state index contributed by atoms with van der Waals surface area (Å²) in [5.41, 5.74) is 0. The van der Waals surface area contributed by atoms with E-state index < -0.39 is 11.6 Å². The average Bonchev–Trinajstić information content (AvgIpc) is 2.30. The maximum Gasteiger partial charge on any atom is 0.203 e. The van der Waals surface area contributed by atoms with Crippen molar-refractivity contribution < 1.29 is 19.2 Å². The van der Waals surface area contributed by atoms with Crippen LogP contribution in [0.2, 0.25) is 0 Å². The molecule has 1 aliphatic heterocycles. The number of ether oxygens (including phenoxy) is 2. The van der Waals surface area contributed by atoms with Crippen molar-refractivity contribution in [2.75, 3.05) is 14.2 Å². The van der Waals surface area contributed by atoms with E-state index >= 15 is 0 Å². The molecule has 1 saturated heterocycles. The first-order valence-corrected chi connectivity index (χ1v) is 3.51. The van der Waals surface area contributed by atoms with Crippen LogP contribution in [0.15, 0.2) is 0 Å². The maximum atomic E-state index is 5.07. The average molecular weight is 162 g/mol. The molecule has 4 heteroatoms. The zero-order valence-electron chi connectivity index (χ0n) is 7.34. The first-order valence-electron chi connectivity index (χ1n) is 3.51. The Balaban J connectivity index is 2.58. The Labute approximate surface area is 66.3 Å². The Morgan fingerprint density at radius 1 is 1.00 bits per heavy atom. The van der Waals surface area contributed by atoms with Crippen molar-refractivity contribution in [2.45, 2.75) is 31.8 Å². The second-order valence-electron chi connectivity index (χ2n) is 3.02. The molecule has 0 aromatic rings. The molecule has 1 rings (SSSR count). The quantitative estimate of drug-likeness (QED) is 0.569. The third-order valence-corrected chi connectivity index (χ3v) is 1.90. The highest BCUT2D eigenvalue weighted by Gasteiger charge is 2.47. The highest BCUT2D eigenvalue weighted by molar-refractivity contribution is 4.76. The zero-order valence-corrected chi connectivity index (χ0v) is 7.34. The lowest BCUT2D eigenvalue weighted by Crippen LogP contribution is -2.30. The Morgan fingerprint density at radius 2 is 1.36 bits per heavy atom. The van der Waals surface area contributed by atoms with Gasteiger partial charge in [0.1, 0.15) is 0 Å². The van der Waals surface area contributed by atoms with Crippen molar-refractivity contribution in [3.63, 3.8) is 0 Å². The van der Waals surface area contributed by atoms with E-state index in [1.165, 1.54) is 0 Å². The van der Waals surface area contributed by atoms with Gasteiger partial charge in [0.2, 0.25) is 11.6 Å². The molecule has 0 spiro atoms. The molecule has 0 saturated carbocycles. The van der Waals surface area contributed by atoms with E-state index in [0.717, 1.165) is 0 Å². The van der Waals surface area contributed by atoms with Crippen LogP contribution in [0.1, 0.15) is 20.3 Å². The molecular weight excluding hydrogens is 148 g/mol. The van der Waals surface area contributed by atoms with Gasteiger partial charge in [0, 0.05) is 14.2 Å². The van der Waals surface area contributed by atoms with Crippen LogP contribution in [0.5, 0.6) is 0 Å². The maximum absolute atomic E-state index is 5.07. The standard InChI is InChI=1S/C7H14O4/c1-6(8-3)5-7(2,9-4)11-10-6/h5H2,1-4H3. The minimum atomic E-state index is -0.676. The predicted octanol–water partition coefficient (Wildman–Crippen LogP) is 1.06. The molecule has 2 atom stereocenters. The first-order chi connectivity index (χ1) is 5.04. The van der Waals surface area contributed by atoms with E-state index in [4.69, 9.17) is 19.2 Å². The van der Waals surface area contributed by atoms with E-state index in [2.05, 4.69) is 0 Å². The van der Waals surface area contributed by atoms with E-state index in [-0.39, 0.29) is 0 Å². The minimum absolute atomic E-state index is 0.563. The first kappa shape index (κ1) is 8.93. The SMILES string of the molecule is COC1(C)CC(C)(OC)OO1. The third-order valence-electron chi connectivity index (χ3n) is 1.90. The summed E-state index contributed by atoms with van der Waals surface area (Å²) in [5.74, 6) is -1.35. The van der Waals surface area contributed by atoms with Gasteiger partial charge in [-0.15, -0.1) is 0 Å². The van der Waals surface area contributed by atoms with Crippen LogP contribution < -0.4 is 0 Å². The fourth-order valence-corrected chi connectivity index (χ4v) is 1.03. The Morgan fingerprint density at radius 3 is 1.55 bits per heavy atom. The van der Waals surface area contributed by atoms with Gasteiger partial charge in [0.05, 0.1) is 6.42 Å². The molecule has 11 heavy (non-hydrogen) atoms. The van der Waals surface area contributed by atoms with Crippen LogP contribution in [0.4, 0.5) is 0 Å². The van der Waals surface area contributed by atoms with Crippen LogP contribution in [-0.2, 0) is 19.2 Å². The fraction of sp³-hybridized carbons (Fsp3) is 1.00. The summed E-state index contributed by atoms with van der Waals surface area (Å²) in [5, 5.41) is 0. The van der Waals surface area contributed by atoms with Gasteiger partial charge in [-0.3, -0.25) is 0 Å². The second-order valence-corrected chi connectivity index (χ2v) is 3.02. The molecule has 0 aromatic carbocycles. The summed E-state index contributed by atoms with van der Waals surface area (Å²) in [6.07, 6.45) is 0.563. The van der Waals surface area contributed by atoms with Gasteiger partial charge in [-0.05, 0) is 13.8 Å². The Kier molecular flexibility index (Phi) is 2.20. The molecule has 1 aliphatic rings. The van der Waals surface area contributed by atoms with Crippen molar-refractivity contribution in [2.24, 2.45) is 0 Å². The number of rotatable bonds is 2. The van der Waals surface area contributed by atoms with Crippen molar-refractivity contribution >= 4 is 0 Å². The third kappa shape index (κ3) is 1.70. The largest absolute Gasteiger partial charge is 0.351 e. The lowest BCUT2D eigenvalue weighted by atomic mass is 10.1. The molecule has 0 radical (unpaired) electrons. The minimum Gasteiger partial charge on any atom is -0.351 e. The molecule has 0 N–H and O–H groups in total. The van der Waals surface area contributed by atoms with E-state index in [9.17, 15) is 0 Å². The van der Waals surface area contributed by atoms with Crippen molar-refractivity contribution in [3.8, 4) is 0 Å². The normalized spacial score (nSPS) is 44.7. The molecule has 0 amide bonds. The molecule has 0 aliphatic carbocycles. The lowest BCUT2D eigenvalue weighted by Gasteiger charge is -2.19. The lowest BCUT2D eigenvalue weighted by molar-refractivity contribution is -0.421. The summed E-state index contributed by atoms with van der Waals surface area (Å²) in [6.45, 7) is 3.61. The van der Waals surface area contributed by atoms with Crippen LogP contribution in [0.3, 0.4) is 0 Å². The van der Waals surface area contributed by atoms with Crippen LogP contribution >= 0.6 is 0 Å². The predicted molar refractivity (Wildman–Crippen MR) is 37.6 cm³/mol. The molecule has 4 nitrogen and oxygen atoms in total. The zero-order chi connectivity index (χ0) is 8.54. The smallest absolute Gasteiger partial charge is 0.203 e. The summed E-state index contributed by atoms with van der Waals surface area (Å²) in [6, 6.07) is 0. The summed E-state index contributed by atoms with van der Waals surface area (Å²) in [4.78, 5) is 9.90. The van der Waals surface area contributed by atoms with Crippen LogP contribution in [0.25, 0.3) is 0 Å². The summed E-state index contributed by atoms with van der Waals surface area (Å²) < 4.78 is 10.1. The fourth-order valence-electron chi connectivity index (χ4n) is 1.03. The summed E-state index contributed by atoms with van der Waals surface area (Å²) in [7, 11) is 3.15. The van der Waals surface area contributed by atoms with Gasteiger partial charge in [-0.2, -0.15) is 9.78 Å². The number of hydrogen-bond donors (Lipinski definition) is 0. The second kappa shape index (κ2) is 2.71.